The van der Waals surface area contributed by atoms with E-state index < -0.39 is 40.2 Å². The highest BCUT2D eigenvalue weighted by molar-refractivity contribution is 7.92. The second-order valence-electron chi connectivity index (χ2n) is 9.35. The van der Waals surface area contributed by atoms with E-state index in [1.54, 1.807) is 39.0 Å². The lowest BCUT2D eigenvalue weighted by Gasteiger charge is -2.32. The average molecular weight is 572 g/mol. The van der Waals surface area contributed by atoms with Gasteiger partial charge in [0.05, 0.1) is 24.8 Å². The first-order valence-corrected chi connectivity index (χ1v) is 14.1. The van der Waals surface area contributed by atoms with Gasteiger partial charge in [-0.3, -0.25) is 13.9 Å². The van der Waals surface area contributed by atoms with Crippen molar-refractivity contribution in [1.29, 1.82) is 0 Å². The summed E-state index contributed by atoms with van der Waals surface area (Å²) in [6, 6.07) is 16.6. The van der Waals surface area contributed by atoms with E-state index in [1.165, 1.54) is 73.7 Å². The monoisotopic (exact) mass is 571 g/mol. The Kier molecular flexibility index (Phi) is 10.1. The first-order valence-electron chi connectivity index (χ1n) is 12.6. The molecule has 3 aromatic rings. The normalized spacial score (nSPS) is 12.0. The van der Waals surface area contributed by atoms with Gasteiger partial charge in [0, 0.05) is 12.6 Å². The molecule has 3 rings (SSSR count). The van der Waals surface area contributed by atoms with Crippen LogP contribution in [0.4, 0.5) is 10.1 Å². The number of benzene rings is 3. The van der Waals surface area contributed by atoms with Crippen molar-refractivity contribution >= 4 is 27.5 Å². The molecule has 1 atom stereocenters. The van der Waals surface area contributed by atoms with Crippen LogP contribution in [0, 0.1) is 5.82 Å². The van der Waals surface area contributed by atoms with Crippen LogP contribution in [0.1, 0.15) is 26.3 Å². The molecular weight excluding hydrogens is 537 g/mol. The van der Waals surface area contributed by atoms with Gasteiger partial charge < -0.3 is 19.7 Å². The van der Waals surface area contributed by atoms with Gasteiger partial charge in [-0.1, -0.05) is 24.3 Å². The van der Waals surface area contributed by atoms with Gasteiger partial charge in [0.2, 0.25) is 11.8 Å². The highest BCUT2D eigenvalue weighted by atomic mass is 32.2. The Balaban J connectivity index is 2.06. The largest absolute Gasteiger partial charge is 0.497 e. The summed E-state index contributed by atoms with van der Waals surface area (Å²) in [6.45, 7) is 4.47. The fraction of sp³-hybridized carbons (Fsp3) is 0.310. The van der Waals surface area contributed by atoms with E-state index in [0.29, 0.717) is 11.3 Å². The zero-order chi connectivity index (χ0) is 29.4. The highest BCUT2D eigenvalue weighted by Crippen LogP contribution is 2.33. The molecule has 0 heterocycles. The highest BCUT2D eigenvalue weighted by Gasteiger charge is 2.34. The Morgan fingerprint density at radius 2 is 1.52 bits per heavy atom. The lowest BCUT2D eigenvalue weighted by molar-refractivity contribution is -0.139. The van der Waals surface area contributed by atoms with Gasteiger partial charge in [-0.15, -0.1) is 0 Å². The molecule has 0 saturated heterocycles. The summed E-state index contributed by atoms with van der Waals surface area (Å²) in [5.74, 6) is -0.788. The van der Waals surface area contributed by atoms with Crippen molar-refractivity contribution in [3.63, 3.8) is 0 Å². The first-order chi connectivity index (χ1) is 19.0. The van der Waals surface area contributed by atoms with Crippen LogP contribution >= 0.6 is 0 Å². The van der Waals surface area contributed by atoms with Crippen LogP contribution in [0.2, 0.25) is 0 Å². The van der Waals surface area contributed by atoms with Crippen molar-refractivity contribution in [3.8, 4) is 11.5 Å². The quantitative estimate of drug-likeness (QED) is 0.353. The molecule has 9 nitrogen and oxygen atoms in total. The number of halogens is 1. The topological polar surface area (TPSA) is 105 Å². The SMILES string of the molecule is COc1ccc(S(=O)(=O)N(CC(=O)N(Cc2ccc(F)cc2)[C@@H](C)C(=O)NC(C)C)c2ccccc2OC)cc1. The Hall–Kier alpha value is -4.12. The predicted molar refractivity (Wildman–Crippen MR) is 150 cm³/mol. The van der Waals surface area contributed by atoms with Crippen molar-refractivity contribution in [2.75, 3.05) is 25.1 Å². The standard InChI is InChI=1S/C29H34FN3O6S/c1-20(2)31-29(35)21(3)32(18-22-10-12-23(30)13-11-22)28(34)19-33(26-8-6-7-9-27(26)39-5)40(36,37)25-16-14-24(38-4)15-17-25/h6-17,20-21H,18-19H2,1-5H3,(H,31,35)/t21-/m0/s1. The number of hydrogen-bond donors (Lipinski definition) is 1. The third kappa shape index (κ3) is 7.29. The van der Waals surface area contributed by atoms with Gasteiger partial charge in [0.15, 0.2) is 0 Å². The number of anilines is 1. The zero-order valence-corrected chi connectivity index (χ0v) is 23.9. The number of amides is 2. The van der Waals surface area contributed by atoms with Crippen molar-refractivity contribution in [2.24, 2.45) is 0 Å². The molecule has 0 aliphatic carbocycles. The van der Waals surface area contributed by atoms with Crippen LogP contribution in [-0.2, 0) is 26.2 Å². The maximum Gasteiger partial charge on any atom is 0.264 e. The number of rotatable bonds is 12. The Bertz CT molecular complexity index is 1410. The lowest BCUT2D eigenvalue weighted by atomic mass is 10.1. The number of para-hydroxylation sites is 2. The Labute approximate surface area is 234 Å². The molecular formula is C29H34FN3O6S. The smallest absolute Gasteiger partial charge is 0.264 e. The molecule has 0 spiro atoms. The third-order valence-electron chi connectivity index (χ3n) is 6.14. The summed E-state index contributed by atoms with van der Waals surface area (Å²) < 4.78 is 53.0. The number of nitrogens with zero attached hydrogens (tertiary/aromatic N) is 2. The summed E-state index contributed by atoms with van der Waals surface area (Å²) in [5, 5.41) is 2.79. The third-order valence-corrected chi connectivity index (χ3v) is 7.92. The Morgan fingerprint density at radius 1 is 0.900 bits per heavy atom. The maximum absolute atomic E-state index is 13.9. The number of hydrogen-bond acceptors (Lipinski definition) is 6. The zero-order valence-electron chi connectivity index (χ0n) is 23.1. The van der Waals surface area contributed by atoms with E-state index in [9.17, 15) is 22.4 Å². The van der Waals surface area contributed by atoms with E-state index in [1.807, 2.05) is 0 Å². The molecule has 2 amide bonds. The summed E-state index contributed by atoms with van der Waals surface area (Å²) in [4.78, 5) is 28.1. The van der Waals surface area contributed by atoms with E-state index in [2.05, 4.69) is 5.32 Å². The molecule has 0 radical (unpaired) electrons. The molecule has 0 aliphatic heterocycles. The van der Waals surface area contributed by atoms with Crippen molar-refractivity contribution in [2.45, 2.75) is 44.3 Å². The second kappa shape index (κ2) is 13.3. The summed E-state index contributed by atoms with van der Waals surface area (Å²) in [6.07, 6.45) is 0. The molecule has 3 aromatic carbocycles. The molecule has 214 valence electrons. The number of sulfonamides is 1. The lowest BCUT2D eigenvalue weighted by Crippen LogP contribution is -2.52. The van der Waals surface area contributed by atoms with Crippen LogP contribution in [0.3, 0.4) is 0 Å². The number of methoxy groups -OCH3 is 2. The minimum atomic E-state index is -4.28. The first kappa shape index (κ1) is 30.4. The number of carbonyl (C=O) groups is 2. The Morgan fingerprint density at radius 3 is 2.10 bits per heavy atom. The fourth-order valence-corrected chi connectivity index (χ4v) is 5.42. The van der Waals surface area contributed by atoms with E-state index >= 15 is 0 Å². The van der Waals surface area contributed by atoms with Crippen molar-refractivity contribution < 1.29 is 31.9 Å². The molecule has 1 N–H and O–H groups in total. The summed E-state index contributed by atoms with van der Waals surface area (Å²) in [7, 11) is -1.41. The van der Waals surface area contributed by atoms with E-state index in [4.69, 9.17) is 9.47 Å². The average Bonchev–Trinajstić information content (AvgIpc) is 2.94. The molecule has 0 unspecified atom stereocenters. The van der Waals surface area contributed by atoms with E-state index in [0.717, 1.165) is 4.31 Å². The summed E-state index contributed by atoms with van der Waals surface area (Å²) >= 11 is 0. The van der Waals surface area contributed by atoms with Gasteiger partial charge in [-0.2, -0.15) is 0 Å². The maximum atomic E-state index is 13.9. The van der Waals surface area contributed by atoms with Crippen molar-refractivity contribution in [3.05, 3.63) is 84.2 Å². The molecule has 0 aromatic heterocycles. The molecule has 0 bridgehead atoms. The second-order valence-corrected chi connectivity index (χ2v) is 11.2. The minimum Gasteiger partial charge on any atom is -0.497 e. The molecule has 0 aliphatic rings. The summed E-state index contributed by atoms with van der Waals surface area (Å²) in [5.41, 5.74) is 0.719. The fourth-order valence-electron chi connectivity index (χ4n) is 4.00. The number of carbonyl (C=O) groups excluding carboxylic acids is 2. The number of ether oxygens (including phenoxy) is 2. The molecule has 0 saturated carbocycles. The van der Waals surface area contributed by atoms with Crippen molar-refractivity contribution in [1.82, 2.24) is 10.2 Å². The van der Waals surface area contributed by atoms with Crippen LogP contribution in [0.15, 0.2) is 77.7 Å². The predicted octanol–water partition coefficient (Wildman–Crippen LogP) is 3.98. The van der Waals surface area contributed by atoms with Crippen LogP contribution in [0.25, 0.3) is 0 Å². The minimum absolute atomic E-state index is 0.0475. The van der Waals surface area contributed by atoms with Crippen LogP contribution in [0.5, 0.6) is 11.5 Å². The van der Waals surface area contributed by atoms with Gasteiger partial charge in [-0.05, 0) is 74.9 Å². The van der Waals surface area contributed by atoms with Gasteiger partial charge >= 0.3 is 0 Å². The molecule has 11 heteroatoms. The molecule has 0 fully saturated rings. The van der Waals surface area contributed by atoms with Crippen LogP contribution < -0.4 is 19.1 Å². The molecule has 40 heavy (non-hydrogen) atoms. The number of nitrogens with one attached hydrogen (secondary N) is 1. The van der Waals surface area contributed by atoms with Gasteiger partial charge in [0.1, 0.15) is 29.9 Å². The van der Waals surface area contributed by atoms with Gasteiger partial charge in [0.25, 0.3) is 10.0 Å². The van der Waals surface area contributed by atoms with Crippen LogP contribution in [-0.4, -0.2) is 58.0 Å². The van der Waals surface area contributed by atoms with Gasteiger partial charge in [-0.25, -0.2) is 12.8 Å². The van der Waals surface area contributed by atoms with E-state index in [-0.39, 0.29) is 28.9 Å².